The molecule has 2 aromatic rings. The van der Waals surface area contributed by atoms with Crippen molar-refractivity contribution in [3.05, 3.63) is 95.8 Å². The summed E-state index contributed by atoms with van der Waals surface area (Å²) in [4.78, 5) is 0. The van der Waals surface area contributed by atoms with Crippen LogP contribution in [-0.4, -0.2) is 6.88 Å². The first-order valence-corrected chi connectivity index (χ1v) is 18.1. The van der Waals surface area contributed by atoms with Gasteiger partial charge >= 0.3 is 30.2 Å². The van der Waals surface area contributed by atoms with Crippen molar-refractivity contribution in [3.8, 4) is 11.1 Å². The molecule has 2 saturated carbocycles. The molecule has 0 nitrogen and oxygen atoms in total. The van der Waals surface area contributed by atoms with Gasteiger partial charge in [-0.25, -0.2) is 12.2 Å². The maximum atomic E-state index is 3.45. The van der Waals surface area contributed by atoms with Gasteiger partial charge in [0.25, 0.3) is 0 Å². The van der Waals surface area contributed by atoms with Gasteiger partial charge in [0.15, 0.2) is 0 Å². The van der Waals surface area contributed by atoms with Crippen molar-refractivity contribution < 1.29 is 23.3 Å². The summed E-state index contributed by atoms with van der Waals surface area (Å²) in [6, 6.07) is 14.5. The molecule has 0 unspecified atom stereocenters. The predicted octanol–water partition coefficient (Wildman–Crippen LogP) is 10.5. The molecule has 2 aromatic carbocycles. The first kappa shape index (κ1) is 37.6. The molecule has 0 spiro atoms. The van der Waals surface area contributed by atoms with Gasteiger partial charge in [0.2, 0.25) is 0 Å². The molecule has 2 radical (unpaired) electrons. The Morgan fingerprint density at radius 1 is 0.737 bits per heavy atom. The Labute approximate surface area is 264 Å². The molecule has 0 aromatic heterocycles. The van der Waals surface area contributed by atoms with Gasteiger partial charge in [0.1, 0.15) is 0 Å². The summed E-state index contributed by atoms with van der Waals surface area (Å²) >= 11 is 1.36. The summed E-state index contributed by atoms with van der Waals surface area (Å²) in [7, 11) is 0. The second-order valence-electron chi connectivity index (χ2n) is 9.93. The topological polar surface area (TPSA) is 0 Å². The van der Waals surface area contributed by atoms with E-state index in [4.69, 9.17) is 0 Å². The van der Waals surface area contributed by atoms with Crippen molar-refractivity contribution in [2.45, 2.75) is 104 Å². The fraction of sp³-hybridized carbons (Fsp3) is 0.471. The third-order valence-electron chi connectivity index (χ3n) is 6.81. The van der Waals surface area contributed by atoms with Gasteiger partial charge in [0.05, 0.1) is 0 Å². The molecule has 4 aliphatic carbocycles. The van der Waals surface area contributed by atoms with E-state index in [-0.39, 0.29) is 24.8 Å². The average molecular weight is 645 g/mol. The molecule has 4 aliphatic rings. The first-order chi connectivity index (χ1) is 17.7. The summed E-state index contributed by atoms with van der Waals surface area (Å²) in [5.41, 5.74) is 8.15. The number of halogens is 2. The van der Waals surface area contributed by atoms with Crippen molar-refractivity contribution in [3.63, 3.8) is 0 Å². The van der Waals surface area contributed by atoms with Gasteiger partial charge in [-0.15, -0.1) is 42.4 Å². The van der Waals surface area contributed by atoms with Crippen LogP contribution in [0.25, 0.3) is 11.1 Å². The zero-order valence-electron chi connectivity index (χ0n) is 23.5. The molecule has 0 bridgehead atoms. The van der Waals surface area contributed by atoms with Gasteiger partial charge in [-0.2, -0.15) is 55.5 Å². The minimum absolute atomic E-state index is 0. The zero-order valence-corrected chi connectivity index (χ0v) is 28.6. The number of hydrogen-bond acceptors (Lipinski definition) is 0. The Bertz CT molecular complexity index is 825. The molecule has 0 amide bonds. The molecule has 208 valence electrons. The van der Waals surface area contributed by atoms with Crippen LogP contribution in [-0.2, 0) is 29.8 Å². The Balaban J connectivity index is 0.000000507. The molecular formula is C34H46Cl2SiZr-4. The molecular weight excluding hydrogens is 599 g/mol. The van der Waals surface area contributed by atoms with Gasteiger partial charge in [0, 0.05) is 0 Å². The third kappa shape index (κ3) is 15.4. The fourth-order valence-electron chi connectivity index (χ4n) is 4.86. The van der Waals surface area contributed by atoms with E-state index < -0.39 is 0 Å². The van der Waals surface area contributed by atoms with Crippen molar-refractivity contribution >= 4 is 31.7 Å². The number of benzene rings is 2. The minimum atomic E-state index is 0. The molecule has 0 N–H and O–H groups in total. The summed E-state index contributed by atoms with van der Waals surface area (Å²) < 4.78 is 0. The molecule has 6 rings (SSSR count). The van der Waals surface area contributed by atoms with Crippen LogP contribution in [0.15, 0.2) is 48.6 Å². The molecule has 0 atom stereocenters. The van der Waals surface area contributed by atoms with E-state index in [2.05, 4.69) is 82.1 Å². The van der Waals surface area contributed by atoms with Crippen LogP contribution in [0, 0.1) is 38.8 Å². The van der Waals surface area contributed by atoms with Crippen LogP contribution in [0.1, 0.15) is 106 Å². The predicted molar refractivity (Wildman–Crippen MR) is 169 cm³/mol. The quantitative estimate of drug-likeness (QED) is 0.130. The third-order valence-corrected chi connectivity index (χ3v) is 6.81. The number of allylic oxidation sites excluding steroid dienone is 4. The van der Waals surface area contributed by atoms with Gasteiger partial charge in [-0.3, -0.25) is 6.08 Å². The van der Waals surface area contributed by atoms with E-state index in [1.807, 2.05) is 12.2 Å². The van der Waals surface area contributed by atoms with E-state index in [0.717, 1.165) is 12.8 Å². The Morgan fingerprint density at radius 3 is 1.76 bits per heavy atom. The Hall–Kier alpha value is -0.400. The van der Waals surface area contributed by atoms with Crippen LogP contribution in [0.3, 0.4) is 0 Å². The molecule has 0 heterocycles. The zero-order chi connectivity index (χ0) is 25.8. The van der Waals surface area contributed by atoms with Gasteiger partial charge in [-0.1, -0.05) is 87.6 Å². The molecule has 4 heteroatoms. The van der Waals surface area contributed by atoms with Crippen LogP contribution in [0.4, 0.5) is 0 Å². The average Bonchev–Trinajstić information content (AvgIpc) is 3.36. The molecule has 38 heavy (non-hydrogen) atoms. The summed E-state index contributed by atoms with van der Waals surface area (Å²) in [6.45, 7) is 7.32. The standard InChI is InChI=1S/C15H13.2C7H13.C5H5.2ClH.Si.Zr/c1-10-3-5-14-12(7-10)9-13-8-11(2)4-6-15(13)14;2*1-2-4-6-7-5-3-1;1-2-4-5-3-1;;;;/h3-7H,9H2,1-2H3;2*1H,2-7H2;1-3H,4H2;2*1H;;/q4*-1;;;;. The van der Waals surface area contributed by atoms with Crippen LogP contribution in [0.2, 0.25) is 0 Å². The van der Waals surface area contributed by atoms with E-state index in [0.29, 0.717) is 0 Å². The Morgan fingerprint density at radius 2 is 1.29 bits per heavy atom. The monoisotopic (exact) mass is 642 g/mol. The normalized spacial score (nSPS) is 16.1. The van der Waals surface area contributed by atoms with Crippen molar-refractivity contribution in [2.24, 2.45) is 0 Å². The summed E-state index contributed by atoms with van der Waals surface area (Å²) in [5.74, 6) is 0. The Kier molecular flexibility index (Phi) is 24.1. The van der Waals surface area contributed by atoms with Crippen molar-refractivity contribution in [1.29, 1.82) is 0 Å². The van der Waals surface area contributed by atoms with Crippen LogP contribution >= 0.6 is 24.8 Å². The number of aryl methyl sites for hydroxylation is 2. The van der Waals surface area contributed by atoms with Crippen molar-refractivity contribution in [2.75, 3.05) is 0 Å². The number of hydrogen-bond donors (Lipinski definition) is 0. The summed E-state index contributed by atoms with van der Waals surface area (Å²) in [5, 5.41) is 0. The number of rotatable bonds is 0. The number of fused-ring (bicyclic) bond motifs is 3. The van der Waals surface area contributed by atoms with E-state index >= 15 is 0 Å². The second-order valence-corrected chi connectivity index (χ2v) is 9.93. The van der Waals surface area contributed by atoms with Gasteiger partial charge in [-0.05, 0) is 18.9 Å². The molecule has 0 saturated heterocycles. The molecule has 0 aliphatic heterocycles. The summed E-state index contributed by atoms with van der Waals surface area (Å²) in [6.07, 6.45) is 33.0. The van der Waals surface area contributed by atoms with E-state index in [1.165, 1.54) is 134 Å². The maximum absolute atomic E-state index is 3.45. The van der Waals surface area contributed by atoms with E-state index in [9.17, 15) is 0 Å². The molecule has 2 fully saturated rings. The van der Waals surface area contributed by atoms with E-state index in [1.54, 1.807) is 0 Å². The van der Waals surface area contributed by atoms with Crippen molar-refractivity contribution in [1.82, 2.24) is 0 Å². The first-order valence-electron chi connectivity index (χ1n) is 14.0. The van der Waals surface area contributed by atoms with Crippen LogP contribution < -0.4 is 0 Å². The fourth-order valence-corrected chi connectivity index (χ4v) is 4.86. The second kappa shape index (κ2) is 24.4. The van der Waals surface area contributed by atoms with Gasteiger partial charge < -0.3 is 12.8 Å². The SMILES string of the molecule is Cc1[c-]c2c(cc1)-c1ccc(C)cc1C2.Cl.Cl.[C-]1=CC=CC1.[CH-]1CCCCCC1.[CH-]1CCCCCC1.[Si]=[Zr]. The van der Waals surface area contributed by atoms with Crippen LogP contribution in [0.5, 0.6) is 0 Å².